The molecular formula is C6H12Sn. The molecule has 2 radical (unpaired) electrons. The van der Waals surface area contributed by atoms with Gasteiger partial charge in [0.2, 0.25) is 0 Å². The van der Waals surface area contributed by atoms with E-state index in [1.165, 1.54) is 22.5 Å². The van der Waals surface area contributed by atoms with Crippen LogP contribution in [0.3, 0.4) is 0 Å². The van der Waals surface area contributed by atoms with Crippen LogP contribution in [0.5, 0.6) is 0 Å². The topological polar surface area (TPSA) is 0 Å². The Labute approximate surface area is 59.1 Å². The molecule has 0 saturated carbocycles. The molecule has 0 bridgehead atoms. The Morgan fingerprint density at radius 1 is 1.29 bits per heavy atom. The molecule has 0 heterocycles. The molecule has 1 heteroatoms. The summed E-state index contributed by atoms with van der Waals surface area (Å²) in [6.45, 7) is 6.62. The second-order valence-corrected chi connectivity index (χ2v) is 3.82. The van der Waals surface area contributed by atoms with Crippen molar-refractivity contribution in [3.8, 4) is 0 Å². The first-order chi connectivity index (χ1) is 3.06. The van der Waals surface area contributed by atoms with Gasteiger partial charge >= 0.3 is 58.9 Å². The number of rotatable bonds is 0. The first kappa shape index (κ1) is 7.54. The summed E-state index contributed by atoms with van der Waals surface area (Å²) in [7, 11) is 0. The van der Waals surface area contributed by atoms with E-state index in [1.54, 1.807) is 0 Å². The zero-order valence-corrected chi connectivity index (χ0v) is 8.53. The Hall–Kier alpha value is 0.539. The van der Waals surface area contributed by atoms with E-state index in [2.05, 4.69) is 30.9 Å². The van der Waals surface area contributed by atoms with Crippen LogP contribution in [0.15, 0.2) is 10.2 Å². The summed E-state index contributed by atoms with van der Waals surface area (Å²) >= 11 is 1.24. The average Bonchev–Trinajstić information content (AvgIpc) is 1.30. The SMILES string of the molecule is CC(C)(C)C=[CH][SnH]. The van der Waals surface area contributed by atoms with E-state index >= 15 is 0 Å². The van der Waals surface area contributed by atoms with Gasteiger partial charge in [0.1, 0.15) is 0 Å². The minimum atomic E-state index is 0.402. The Kier molecular flexibility index (Phi) is 2.96. The van der Waals surface area contributed by atoms with E-state index in [0.717, 1.165) is 0 Å². The Morgan fingerprint density at radius 2 is 1.71 bits per heavy atom. The standard InChI is InChI=1S/C6H11.Sn.H/c1-5-6(2,3)4;;/h1,5H,2-4H3;;. The fourth-order valence-corrected chi connectivity index (χ4v) is 1.94. The van der Waals surface area contributed by atoms with Crippen LogP contribution in [0.4, 0.5) is 0 Å². The van der Waals surface area contributed by atoms with Gasteiger partial charge in [0.05, 0.1) is 0 Å². The van der Waals surface area contributed by atoms with Gasteiger partial charge in [-0.3, -0.25) is 0 Å². The predicted octanol–water partition coefficient (Wildman–Crippen LogP) is 1.45. The summed E-state index contributed by atoms with van der Waals surface area (Å²) in [4.78, 5) is 0. The van der Waals surface area contributed by atoms with E-state index in [9.17, 15) is 0 Å². The summed E-state index contributed by atoms with van der Waals surface area (Å²) in [5.74, 6) is 0. The van der Waals surface area contributed by atoms with Crippen LogP contribution in [0.1, 0.15) is 20.8 Å². The molecule has 0 amide bonds. The van der Waals surface area contributed by atoms with Crippen molar-refractivity contribution < 1.29 is 0 Å². The van der Waals surface area contributed by atoms with Crippen LogP contribution >= 0.6 is 0 Å². The Bertz CT molecular complexity index is 66.7. The summed E-state index contributed by atoms with van der Waals surface area (Å²) in [5, 5.41) is 0. The van der Waals surface area contributed by atoms with Crippen LogP contribution < -0.4 is 0 Å². The van der Waals surface area contributed by atoms with Gasteiger partial charge in [-0.2, -0.15) is 0 Å². The minimum absolute atomic E-state index is 0.402. The molecule has 0 N–H and O–H groups in total. The molecule has 0 rings (SSSR count). The summed E-state index contributed by atoms with van der Waals surface area (Å²) < 4.78 is 2.21. The first-order valence-corrected chi connectivity index (χ1v) is 4.36. The van der Waals surface area contributed by atoms with Gasteiger partial charge in [-0.25, -0.2) is 0 Å². The number of hydrogen-bond donors (Lipinski definition) is 0. The van der Waals surface area contributed by atoms with Gasteiger partial charge in [-0.1, -0.05) is 0 Å². The van der Waals surface area contributed by atoms with Crippen LogP contribution in [0, 0.1) is 5.41 Å². The van der Waals surface area contributed by atoms with Crippen LogP contribution in [0.2, 0.25) is 0 Å². The van der Waals surface area contributed by atoms with E-state index in [-0.39, 0.29) is 0 Å². The van der Waals surface area contributed by atoms with E-state index in [0.29, 0.717) is 5.41 Å². The molecule has 0 unspecified atom stereocenters. The third kappa shape index (κ3) is 6.54. The predicted molar refractivity (Wildman–Crippen MR) is 35.7 cm³/mol. The molecule has 0 aliphatic rings. The fraction of sp³-hybridized carbons (Fsp3) is 0.667. The number of hydrogen-bond acceptors (Lipinski definition) is 0. The molecule has 0 aliphatic heterocycles. The molecule has 0 spiro atoms. The van der Waals surface area contributed by atoms with Gasteiger partial charge in [0, 0.05) is 0 Å². The van der Waals surface area contributed by atoms with Crippen molar-refractivity contribution in [3.63, 3.8) is 0 Å². The molecule has 0 aromatic heterocycles. The van der Waals surface area contributed by atoms with Crippen molar-refractivity contribution in [1.82, 2.24) is 0 Å². The monoisotopic (exact) mass is 204 g/mol. The zero-order valence-electron chi connectivity index (χ0n) is 5.23. The second-order valence-electron chi connectivity index (χ2n) is 2.73. The molecule has 0 aliphatic carbocycles. The molecule has 7 heavy (non-hydrogen) atoms. The van der Waals surface area contributed by atoms with Crippen LogP contribution in [-0.2, 0) is 0 Å². The van der Waals surface area contributed by atoms with E-state index < -0.39 is 0 Å². The third-order valence-electron chi connectivity index (χ3n) is 0.596. The zero-order chi connectivity index (χ0) is 5.91. The van der Waals surface area contributed by atoms with Crippen LogP contribution in [0.25, 0.3) is 0 Å². The van der Waals surface area contributed by atoms with Crippen molar-refractivity contribution in [1.29, 1.82) is 0 Å². The molecule has 0 aromatic carbocycles. The summed E-state index contributed by atoms with van der Waals surface area (Å²) in [6.07, 6.45) is 2.25. The molecule has 0 atom stereocenters. The van der Waals surface area contributed by atoms with Gasteiger partial charge in [0.15, 0.2) is 0 Å². The molecule has 0 aromatic rings. The van der Waals surface area contributed by atoms with Crippen molar-refractivity contribution >= 4 is 22.5 Å². The van der Waals surface area contributed by atoms with Gasteiger partial charge in [-0.15, -0.1) is 0 Å². The molecule has 0 fully saturated rings. The molecule has 0 saturated heterocycles. The van der Waals surface area contributed by atoms with Crippen LogP contribution in [-0.4, -0.2) is 22.5 Å². The maximum absolute atomic E-state index is 2.25. The number of allylic oxidation sites excluding steroid dienone is 1. The average molecular weight is 203 g/mol. The quantitative estimate of drug-likeness (QED) is 0.522. The van der Waals surface area contributed by atoms with E-state index in [1.807, 2.05) is 0 Å². The van der Waals surface area contributed by atoms with Crippen molar-refractivity contribution in [3.05, 3.63) is 10.2 Å². The third-order valence-corrected chi connectivity index (χ3v) is 1.15. The normalized spacial score (nSPS) is 13.1. The van der Waals surface area contributed by atoms with Gasteiger partial charge < -0.3 is 0 Å². The Balaban J connectivity index is 3.56. The van der Waals surface area contributed by atoms with Crippen molar-refractivity contribution in [2.24, 2.45) is 5.41 Å². The van der Waals surface area contributed by atoms with Gasteiger partial charge in [-0.05, 0) is 0 Å². The molecule has 0 nitrogen and oxygen atoms in total. The van der Waals surface area contributed by atoms with Crippen molar-refractivity contribution in [2.45, 2.75) is 20.8 Å². The van der Waals surface area contributed by atoms with E-state index in [4.69, 9.17) is 0 Å². The molecular weight excluding hydrogens is 191 g/mol. The first-order valence-electron chi connectivity index (χ1n) is 2.46. The Morgan fingerprint density at radius 3 is 1.71 bits per heavy atom. The molecule has 40 valence electrons. The fourth-order valence-electron chi connectivity index (χ4n) is 0.289. The van der Waals surface area contributed by atoms with Crippen molar-refractivity contribution in [2.75, 3.05) is 0 Å². The second kappa shape index (κ2) is 2.75. The summed E-state index contributed by atoms with van der Waals surface area (Å²) in [6, 6.07) is 0. The summed E-state index contributed by atoms with van der Waals surface area (Å²) in [5.41, 5.74) is 0.402. The maximum atomic E-state index is 2.25. The van der Waals surface area contributed by atoms with Gasteiger partial charge in [0.25, 0.3) is 0 Å².